The van der Waals surface area contributed by atoms with Gasteiger partial charge < -0.3 is 14.6 Å². The molecule has 32 heavy (non-hydrogen) atoms. The van der Waals surface area contributed by atoms with Crippen molar-refractivity contribution in [1.82, 2.24) is 5.16 Å². The summed E-state index contributed by atoms with van der Waals surface area (Å²) in [4.78, 5) is 25.7. The summed E-state index contributed by atoms with van der Waals surface area (Å²) < 4.78 is 35.7. The van der Waals surface area contributed by atoms with Crippen LogP contribution in [0.2, 0.25) is 0 Å². The van der Waals surface area contributed by atoms with Crippen molar-refractivity contribution < 1.29 is 27.6 Å². The molecule has 168 valence electrons. The molecular weight excluding hydrogens is 458 g/mol. The molecule has 1 aromatic heterocycles. The predicted octanol–water partition coefficient (Wildman–Crippen LogP) is 5.69. The summed E-state index contributed by atoms with van der Waals surface area (Å²) in [6, 6.07) is 13.1. The number of halogens is 2. The maximum atomic E-state index is 12.7. The van der Waals surface area contributed by atoms with Crippen molar-refractivity contribution in [2.75, 3.05) is 11.9 Å². The second kappa shape index (κ2) is 11.1. The van der Waals surface area contributed by atoms with Gasteiger partial charge in [-0.25, -0.2) is 4.79 Å². The summed E-state index contributed by atoms with van der Waals surface area (Å²) in [6.07, 6.45) is 0. The third kappa shape index (κ3) is 6.33. The maximum absolute atomic E-state index is 12.7. The summed E-state index contributed by atoms with van der Waals surface area (Å²) in [7, 11) is 0. The van der Waals surface area contributed by atoms with E-state index in [-0.39, 0.29) is 10.6 Å². The highest BCUT2D eigenvalue weighted by Crippen LogP contribution is 2.32. The Morgan fingerprint density at radius 3 is 2.47 bits per heavy atom. The van der Waals surface area contributed by atoms with Crippen molar-refractivity contribution >= 4 is 41.1 Å². The number of ether oxygens (including phenoxy) is 1. The molecule has 0 saturated heterocycles. The third-order valence-corrected chi connectivity index (χ3v) is 6.26. The van der Waals surface area contributed by atoms with Crippen LogP contribution in [-0.4, -0.2) is 29.4 Å². The number of carbonyl (C=O) groups excluding carboxylic acids is 2. The number of aromatic nitrogens is 1. The van der Waals surface area contributed by atoms with Gasteiger partial charge in [-0.3, -0.25) is 4.79 Å². The van der Waals surface area contributed by atoms with Crippen LogP contribution in [0.4, 0.5) is 14.5 Å². The molecule has 0 saturated carbocycles. The fourth-order valence-electron chi connectivity index (χ4n) is 2.78. The van der Waals surface area contributed by atoms with Crippen molar-refractivity contribution in [3.05, 3.63) is 71.1 Å². The molecule has 10 heteroatoms. The van der Waals surface area contributed by atoms with E-state index in [9.17, 15) is 18.4 Å². The van der Waals surface area contributed by atoms with E-state index < -0.39 is 24.2 Å². The Labute approximate surface area is 192 Å². The number of benzene rings is 2. The SMILES string of the molecule is Cc1noc(C)c1CSc1ccccc1C(=O)OCC(=O)Nc1ccccc1SC(F)F. The number of rotatable bonds is 9. The fourth-order valence-corrected chi connectivity index (χ4v) is 4.57. The third-order valence-electron chi connectivity index (χ3n) is 4.37. The Bertz CT molecular complexity index is 1090. The monoisotopic (exact) mass is 478 g/mol. The van der Waals surface area contributed by atoms with Crippen molar-refractivity contribution in [3.8, 4) is 0 Å². The maximum Gasteiger partial charge on any atom is 0.339 e. The largest absolute Gasteiger partial charge is 0.452 e. The van der Waals surface area contributed by atoms with Crippen molar-refractivity contribution in [2.45, 2.75) is 35.1 Å². The van der Waals surface area contributed by atoms with Crippen LogP contribution in [0.15, 0.2) is 62.8 Å². The van der Waals surface area contributed by atoms with Crippen LogP contribution in [0, 0.1) is 13.8 Å². The number of anilines is 1. The Balaban J connectivity index is 1.60. The topological polar surface area (TPSA) is 81.4 Å². The normalized spacial score (nSPS) is 10.9. The van der Waals surface area contributed by atoms with Crippen LogP contribution in [-0.2, 0) is 15.3 Å². The molecule has 0 aliphatic heterocycles. The van der Waals surface area contributed by atoms with Gasteiger partial charge in [0.25, 0.3) is 11.7 Å². The number of aryl methyl sites for hydroxylation is 2. The van der Waals surface area contributed by atoms with E-state index in [1.807, 2.05) is 13.8 Å². The highest BCUT2D eigenvalue weighted by molar-refractivity contribution is 7.99. The molecule has 3 aromatic rings. The molecule has 3 rings (SSSR count). The first kappa shape index (κ1) is 23.8. The summed E-state index contributed by atoms with van der Waals surface area (Å²) in [5, 5.41) is 6.42. The molecule has 1 amide bonds. The molecule has 2 aromatic carbocycles. The minimum absolute atomic E-state index is 0.225. The van der Waals surface area contributed by atoms with Crippen LogP contribution < -0.4 is 5.32 Å². The van der Waals surface area contributed by atoms with Gasteiger partial charge in [0.2, 0.25) is 0 Å². The number of carbonyl (C=O) groups is 2. The number of hydrogen-bond donors (Lipinski definition) is 1. The average molecular weight is 479 g/mol. The number of alkyl halides is 2. The minimum Gasteiger partial charge on any atom is -0.452 e. The van der Waals surface area contributed by atoms with Gasteiger partial charge >= 0.3 is 5.97 Å². The number of nitrogens with zero attached hydrogens (tertiary/aromatic N) is 1. The number of para-hydroxylation sites is 1. The second-order valence-corrected chi connectivity index (χ2v) is 8.64. The first-order valence-corrected chi connectivity index (χ1v) is 11.4. The number of thioether (sulfide) groups is 2. The summed E-state index contributed by atoms with van der Waals surface area (Å²) in [5.41, 5.74) is 2.30. The second-order valence-electron chi connectivity index (χ2n) is 6.59. The van der Waals surface area contributed by atoms with Gasteiger partial charge in [-0.1, -0.05) is 41.2 Å². The van der Waals surface area contributed by atoms with Gasteiger partial charge in [0.05, 0.1) is 16.9 Å². The number of amides is 1. The van der Waals surface area contributed by atoms with Crippen LogP contribution in [0.3, 0.4) is 0 Å². The quantitative estimate of drug-likeness (QED) is 0.312. The molecule has 0 atom stereocenters. The smallest absolute Gasteiger partial charge is 0.339 e. The van der Waals surface area contributed by atoms with E-state index in [0.717, 1.165) is 17.0 Å². The molecule has 0 unspecified atom stereocenters. The minimum atomic E-state index is -2.62. The Morgan fingerprint density at radius 1 is 1.09 bits per heavy atom. The Morgan fingerprint density at radius 2 is 1.78 bits per heavy atom. The summed E-state index contributed by atoms with van der Waals surface area (Å²) >= 11 is 1.76. The first-order chi connectivity index (χ1) is 15.3. The van der Waals surface area contributed by atoms with Crippen LogP contribution in [0.5, 0.6) is 0 Å². The molecular formula is C22H20F2N2O4S2. The first-order valence-electron chi connectivity index (χ1n) is 9.49. The van der Waals surface area contributed by atoms with Gasteiger partial charge in [-0.2, -0.15) is 8.78 Å². The van der Waals surface area contributed by atoms with Crippen LogP contribution in [0.1, 0.15) is 27.4 Å². The number of nitrogens with one attached hydrogen (secondary N) is 1. The van der Waals surface area contributed by atoms with Gasteiger partial charge in [-0.05, 0) is 38.1 Å². The molecule has 1 N–H and O–H groups in total. The van der Waals surface area contributed by atoms with E-state index in [2.05, 4.69) is 10.5 Å². The molecule has 0 radical (unpaired) electrons. The zero-order chi connectivity index (χ0) is 23.1. The van der Waals surface area contributed by atoms with E-state index in [0.29, 0.717) is 28.0 Å². The number of esters is 1. The van der Waals surface area contributed by atoms with E-state index in [1.165, 1.54) is 23.9 Å². The van der Waals surface area contributed by atoms with Gasteiger partial charge in [0.1, 0.15) is 5.76 Å². The number of hydrogen-bond acceptors (Lipinski definition) is 7. The fraction of sp³-hybridized carbons (Fsp3) is 0.227. The van der Waals surface area contributed by atoms with Crippen LogP contribution >= 0.6 is 23.5 Å². The van der Waals surface area contributed by atoms with Crippen molar-refractivity contribution in [2.24, 2.45) is 0 Å². The lowest BCUT2D eigenvalue weighted by Crippen LogP contribution is -2.21. The summed E-state index contributed by atoms with van der Waals surface area (Å²) in [6.45, 7) is 3.13. The predicted molar refractivity (Wildman–Crippen MR) is 119 cm³/mol. The zero-order valence-corrected chi connectivity index (χ0v) is 18.9. The molecule has 0 bridgehead atoms. The van der Waals surface area contributed by atoms with Gasteiger partial charge in [-0.15, -0.1) is 11.8 Å². The molecule has 0 aliphatic rings. The molecule has 0 fully saturated rings. The molecule has 6 nitrogen and oxygen atoms in total. The van der Waals surface area contributed by atoms with Gasteiger partial charge in [0.15, 0.2) is 6.61 Å². The van der Waals surface area contributed by atoms with E-state index in [4.69, 9.17) is 9.26 Å². The zero-order valence-electron chi connectivity index (χ0n) is 17.3. The van der Waals surface area contributed by atoms with E-state index in [1.54, 1.807) is 36.4 Å². The molecule has 0 aliphatic carbocycles. The lowest BCUT2D eigenvalue weighted by Gasteiger charge is -2.12. The molecule has 1 heterocycles. The van der Waals surface area contributed by atoms with Crippen LogP contribution in [0.25, 0.3) is 0 Å². The summed E-state index contributed by atoms with van der Waals surface area (Å²) in [5.74, 6) is -2.62. The highest BCUT2D eigenvalue weighted by Gasteiger charge is 2.17. The van der Waals surface area contributed by atoms with Crippen molar-refractivity contribution in [1.29, 1.82) is 0 Å². The Kier molecular flexibility index (Phi) is 8.29. The Hall–Kier alpha value is -2.85. The van der Waals surface area contributed by atoms with Crippen molar-refractivity contribution in [3.63, 3.8) is 0 Å². The van der Waals surface area contributed by atoms with E-state index >= 15 is 0 Å². The van der Waals surface area contributed by atoms with Gasteiger partial charge in [0, 0.05) is 21.1 Å². The standard InChI is InChI=1S/C22H20F2N2O4S2/c1-13-16(14(2)30-26-13)12-31-18-9-5-3-7-15(18)21(28)29-11-20(27)25-17-8-4-6-10-19(17)32-22(23)24/h3-10,22H,11-12H2,1-2H3,(H,25,27). The lowest BCUT2D eigenvalue weighted by atomic mass is 10.2. The average Bonchev–Trinajstić information content (AvgIpc) is 3.09. The molecule has 0 spiro atoms. The lowest BCUT2D eigenvalue weighted by molar-refractivity contribution is -0.119. The highest BCUT2D eigenvalue weighted by atomic mass is 32.2.